The normalized spacial score (nSPS) is 22.6. The van der Waals surface area contributed by atoms with Crippen molar-refractivity contribution in [1.82, 2.24) is 0 Å². The molecule has 1 N–H and O–H groups in total. The second-order valence-corrected chi connectivity index (χ2v) is 8.11. The summed E-state index contributed by atoms with van der Waals surface area (Å²) in [4.78, 5) is 0. The lowest BCUT2D eigenvalue weighted by atomic mass is 9.99. The van der Waals surface area contributed by atoms with Gasteiger partial charge in [0.2, 0.25) is 0 Å². The number of unbranched alkanes of at least 4 members (excludes halogenated alkanes) is 3. The van der Waals surface area contributed by atoms with Crippen molar-refractivity contribution in [3.8, 4) is 0 Å². The maximum atomic E-state index is 9.17. The van der Waals surface area contributed by atoms with E-state index in [9.17, 15) is 5.21 Å². The second kappa shape index (κ2) is 12.9. The minimum absolute atomic E-state index is 0.473. The lowest BCUT2D eigenvalue weighted by molar-refractivity contribution is 0.315. The second-order valence-electron chi connectivity index (χ2n) is 5.58. The van der Waals surface area contributed by atoms with Crippen LogP contribution in [0.3, 0.4) is 0 Å². The predicted octanol–water partition coefficient (Wildman–Crippen LogP) is 5.59. The van der Waals surface area contributed by atoms with Crippen LogP contribution in [-0.4, -0.2) is 33.4 Å². The predicted molar refractivity (Wildman–Crippen MR) is 94.6 cm³/mol. The topological polar surface area (TPSA) is 32.6 Å². The van der Waals surface area contributed by atoms with E-state index in [0.29, 0.717) is 5.25 Å². The average molecular weight is 318 g/mol. The van der Waals surface area contributed by atoms with Gasteiger partial charge in [-0.2, -0.15) is 23.5 Å². The first-order valence-electron chi connectivity index (χ1n) is 8.28. The van der Waals surface area contributed by atoms with Gasteiger partial charge in [-0.3, -0.25) is 0 Å². The fourth-order valence-electron chi connectivity index (χ4n) is 2.59. The lowest BCUT2D eigenvalue weighted by Gasteiger charge is -2.20. The SMILES string of the molecule is CCCCCCSCCSC1CCCCCC/C1=N\O. The molecule has 1 unspecified atom stereocenters. The Labute approximate surface area is 133 Å². The molecule has 1 rings (SSSR count). The minimum atomic E-state index is 0.473. The van der Waals surface area contributed by atoms with Gasteiger partial charge in [0.15, 0.2) is 0 Å². The molecule has 0 saturated heterocycles. The average Bonchev–Trinajstić information content (AvgIpc) is 2.44. The van der Waals surface area contributed by atoms with E-state index in [0.717, 1.165) is 12.1 Å². The minimum Gasteiger partial charge on any atom is -0.411 e. The Bertz CT molecular complexity index is 259. The van der Waals surface area contributed by atoms with Gasteiger partial charge in [0.05, 0.1) is 5.71 Å². The zero-order chi connectivity index (χ0) is 14.5. The third-order valence-electron chi connectivity index (χ3n) is 3.84. The summed E-state index contributed by atoms with van der Waals surface area (Å²) in [5, 5.41) is 13.2. The van der Waals surface area contributed by atoms with E-state index in [1.165, 1.54) is 75.0 Å². The van der Waals surface area contributed by atoms with Gasteiger partial charge in [0.1, 0.15) is 0 Å². The van der Waals surface area contributed by atoms with Gasteiger partial charge in [-0.25, -0.2) is 0 Å². The first kappa shape index (κ1) is 18.2. The lowest BCUT2D eigenvalue weighted by Crippen LogP contribution is -2.20. The van der Waals surface area contributed by atoms with Crippen molar-refractivity contribution in [3.05, 3.63) is 0 Å². The molecule has 0 spiro atoms. The van der Waals surface area contributed by atoms with Crippen molar-refractivity contribution in [1.29, 1.82) is 0 Å². The molecule has 1 aliphatic carbocycles. The molecule has 0 radical (unpaired) electrons. The van der Waals surface area contributed by atoms with Gasteiger partial charge in [0.25, 0.3) is 0 Å². The summed E-state index contributed by atoms with van der Waals surface area (Å²) in [6, 6.07) is 0. The van der Waals surface area contributed by atoms with Gasteiger partial charge in [-0.1, -0.05) is 50.6 Å². The number of hydrogen-bond donors (Lipinski definition) is 1. The van der Waals surface area contributed by atoms with Gasteiger partial charge in [-0.05, 0) is 31.4 Å². The van der Waals surface area contributed by atoms with E-state index in [2.05, 4.69) is 23.8 Å². The highest BCUT2D eigenvalue weighted by Gasteiger charge is 2.18. The van der Waals surface area contributed by atoms with Crippen LogP contribution in [0.5, 0.6) is 0 Å². The maximum absolute atomic E-state index is 9.17. The van der Waals surface area contributed by atoms with Crippen LogP contribution in [0.15, 0.2) is 5.16 Å². The highest BCUT2D eigenvalue weighted by molar-refractivity contribution is 8.03. The van der Waals surface area contributed by atoms with Crippen molar-refractivity contribution in [2.24, 2.45) is 5.16 Å². The Morgan fingerprint density at radius 2 is 1.90 bits per heavy atom. The van der Waals surface area contributed by atoms with Crippen molar-refractivity contribution in [3.63, 3.8) is 0 Å². The first-order chi connectivity index (χ1) is 9.88. The molecule has 1 aliphatic rings. The largest absolute Gasteiger partial charge is 0.411 e. The Morgan fingerprint density at radius 1 is 1.05 bits per heavy atom. The molecule has 1 atom stereocenters. The Hall–Kier alpha value is 0.170. The highest BCUT2D eigenvalue weighted by Crippen LogP contribution is 2.26. The third-order valence-corrected chi connectivity index (χ3v) is 6.52. The van der Waals surface area contributed by atoms with Crippen LogP contribution in [-0.2, 0) is 0 Å². The number of nitrogens with zero attached hydrogens (tertiary/aromatic N) is 1. The number of hydrogen-bond acceptors (Lipinski definition) is 4. The summed E-state index contributed by atoms with van der Waals surface area (Å²) in [5.74, 6) is 3.75. The molecule has 0 bridgehead atoms. The zero-order valence-electron chi connectivity index (χ0n) is 13.0. The molecule has 1 saturated carbocycles. The molecule has 0 heterocycles. The smallest absolute Gasteiger partial charge is 0.0700 e. The highest BCUT2D eigenvalue weighted by atomic mass is 32.2. The number of rotatable bonds is 9. The molecular formula is C16H31NOS2. The summed E-state index contributed by atoms with van der Waals surface area (Å²) < 4.78 is 0. The van der Waals surface area contributed by atoms with Crippen LogP contribution < -0.4 is 0 Å². The molecule has 4 heteroatoms. The molecule has 0 aromatic carbocycles. The Balaban J connectivity index is 2.08. The molecule has 0 aromatic heterocycles. The van der Waals surface area contributed by atoms with Crippen molar-refractivity contribution in [2.75, 3.05) is 17.3 Å². The van der Waals surface area contributed by atoms with Crippen LogP contribution in [0.25, 0.3) is 0 Å². The maximum Gasteiger partial charge on any atom is 0.0700 e. The third kappa shape index (κ3) is 8.46. The Morgan fingerprint density at radius 3 is 2.70 bits per heavy atom. The fourth-order valence-corrected chi connectivity index (χ4v) is 5.04. The standard InChI is InChI=1S/C16H31NOS2/c1-2-3-4-9-12-19-13-14-20-16-11-8-6-5-7-10-15(16)17-18/h16,18H,2-14H2,1H3/b17-15+. The first-order valence-corrected chi connectivity index (χ1v) is 10.5. The van der Waals surface area contributed by atoms with Crippen LogP contribution in [0.2, 0.25) is 0 Å². The van der Waals surface area contributed by atoms with Crippen molar-refractivity contribution >= 4 is 29.2 Å². The van der Waals surface area contributed by atoms with E-state index in [4.69, 9.17) is 0 Å². The summed E-state index contributed by atoms with van der Waals surface area (Å²) in [6.45, 7) is 2.26. The molecular weight excluding hydrogens is 286 g/mol. The molecule has 20 heavy (non-hydrogen) atoms. The van der Waals surface area contributed by atoms with E-state index in [1.54, 1.807) is 0 Å². The number of thioether (sulfide) groups is 2. The summed E-state index contributed by atoms with van der Waals surface area (Å²) in [6.07, 6.45) is 12.8. The summed E-state index contributed by atoms with van der Waals surface area (Å²) >= 11 is 4.10. The zero-order valence-corrected chi connectivity index (χ0v) is 14.6. The van der Waals surface area contributed by atoms with Crippen molar-refractivity contribution < 1.29 is 5.21 Å². The Kier molecular flexibility index (Phi) is 11.7. The molecule has 0 aromatic rings. The van der Waals surface area contributed by atoms with Gasteiger partial charge in [0, 0.05) is 16.8 Å². The van der Waals surface area contributed by atoms with E-state index in [1.807, 2.05) is 11.8 Å². The van der Waals surface area contributed by atoms with Crippen LogP contribution in [0.4, 0.5) is 0 Å². The molecule has 118 valence electrons. The molecule has 1 fully saturated rings. The molecule has 0 amide bonds. The van der Waals surface area contributed by atoms with Crippen LogP contribution >= 0.6 is 23.5 Å². The van der Waals surface area contributed by atoms with Crippen molar-refractivity contribution in [2.45, 2.75) is 76.4 Å². The van der Waals surface area contributed by atoms with Gasteiger partial charge >= 0.3 is 0 Å². The quantitative estimate of drug-likeness (QED) is 0.342. The van der Waals surface area contributed by atoms with E-state index >= 15 is 0 Å². The fraction of sp³-hybridized carbons (Fsp3) is 0.938. The summed E-state index contributed by atoms with van der Waals surface area (Å²) in [5.41, 5.74) is 1.04. The van der Waals surface area contributed by atoms with Gasteiger partial charge in [-0.15, -0.1) is 0 Å². The molecule has 2 nitrogen and oxygen atoms in total. The van der Waals surface area contributed by atoms with E-state index < -0.39 is 0 Å². The summed E-state index contributed by atoms with van der Waals surface area (Å²) in [7, 11) is 0. The van der Waals surface area contributed by atoms with Crippen LogP contribution in [0.1, 0.15) is 71.1 Å². The van der Waals surface area contributed by atoms with Crippen LogP contribution in [0, 0.1) is 0 Å². The molecule has 0 aliphatic heterocycles. The van der Waals surface area contributed by atoms with E-state index in [-0.39, 0.29) is 0 Å². The monoisotopic (exact) mass is 317 g/mol. The van der Waals surface area contributed by atoms with Gasteiger partial charge < -0.3 is 5.21 Å². The number of oxime groups is 1.